The van der Waals surface area contributed by atoms with E-state index in [-0.39, 0.29) is 0 Å². The minimum Gasteiger partial charge on any atom is -0.359 e. The Labute approximate surface area is 117 Å². The van der Waals surface area contributed by atoms with Crippen molar-refractivity contribution in [2.45, 2.75) is 45.1 Å². The van der Waals surface area contributed by atoms with Crippen molar-refractivity contribution in [2.24, 2.45) is 10.9 Å². The highest BCUT2D eigenvalue weighted by Crippen LogP contribution is 2.38. The first-order chi connectivity index (χ1) is 8.63. The van der Waals surface area contributed by atoms with E-state index in [0.717, 1.165) is 22.6 Å². The molecule has 2 rings (SSSR count). The Morgan fingerprint density at radius 1 is 1.50 bits per heavy atom. The highest BCUT2D eigenvalue weighted by Gasteiger charge is 2.39. The molecule has 1 aliphatic carbocycles. The summed E-state index contributed by atoms with van der Waals surface area (Å²) in [6, 6.07) is 0. The monoisotopic (exact) mass is 288 g/mol. The molecule has 5 heteroatoms. The van der Waals surface area contributed by atoms with Crippen molar-refractivity contribution >= 4 is 27.7 Å². The van der Waals surface area contributed by atoms with Gasteiger partial charge < -0.3 is 5.32 Å². The molecule has 0 bridgehead atoms. The third-order valence-electron chi connectivity index (χ3n) is 3.99. The van der Waals surface area contributed by atoms with Crippen LogP contribution in [0.5, 0.6) is 0 Å². The van der Waals surface area contributed by atoms with Crippen molar-refractivity contribution < 1.29 is 4.21 Å². The zero-order chi connectivity index (χ0) is 13.0. The molecule has 0 aromatic rings. The molecule has 1 spiro atoms. The number of aliphatic imine (C=N–C) groups is 1. The second-order valence-corrected chi connectivity index (χ2v) is 8.33. The average Bonchev–Trinajstić information content (AvgIpc) is 2.77. The van der Waals surface area contributed by atoms with Gasteiger partial charge in [-0.25, -0.2) is 0 Å². The molecule has 3 nitrogen and oxygen atoms in total. The van der Waals surface area contributed by atoms with Crippen LogP contribution in [0, 0.1) is 5.92 Å². The van der Waals surface area contributed by atoms with E-state index in [4.69, 9.17) is 0 Å². The maximum atomic E-state index is 11.3. The molecule has 0 amide bonds. The summed E-state index contributed by atoms with van der Waals surface area (Å²) in [4.78, 5) is 4.56. The van der Waals surface area contributed by atoms with E-state index < -0.39 is 10.8 Å². The maximum absolute atomic E-state index is 11.3. The van der Waals surface area contributed by atoms with E-state index in [2.05, 4.69) is 17.2 Å². The Bertz CT molecular complexity index is 336. The lowest BCUT2D eigenvalue weighted by molar-refractivity contribution is 0.251. The molecule has 18 heavy (non-hydrogen) atoms. The molecule has 1 atom stereocenters. The largest absolute Gasteiger partial charge is 0.359 e. The van der Waals surface area contributed by atoms with Gasteiger partial charge in [-0.2, -0.15) is 0 Å². The third-order valence-corrected chi connectivity index (χ3v) is 6.47. The summed E-state index contributed by atoms with van der Waals surface area (Å²) in [6.45, 7) is 5.01. The second-order valence-electron chi connectivity index (χ2n) is 5.50. The standard InChI is InChI=1S/C13H24N2OS2/c1-3-18(16)9-8-14-12-15-13(10-17-12)6-4-11(2)5-7-13/h11H,3-10H2,1-2H3,(H,14,15). The van der Waals surface area contributed by atoms with Crippen molar-refractivity contribution in [1.82, 2.24) is 5.32 Å². The van der Waals surface area contributed by atoms with E-state index in [0.29, 0.717) is 17.8 Å². The lowest BCUT2D eigenvalue weighted by Gasteiger charge is -2.35. The number of thioether (sulfide) groups is 1. The van der Waals surface area contributed by atoms with Gasteiger partial charge in [0.1, 0.15) is 0 Å². The van der Waals surface area contributed by atoms with Crippen molar-refractivity contribution in [2.75, 3.05) is 23.8 Å². The molecule has 1 heterocycles. The van der Waals surface area contributed by atoms with Crippen LogP contribution < -0.4 is 5.32 Å². The topological polar surface area (TPSA) is 41.5 Å². The lowest BCUT2D eigenvalue weighted by Crippen LogP contribution is -2.46. The Morgan fingerprint density at radius 2 is 2.22 bits per heavy atom. The number of nitrogens with zero attached hydrogens (tertiary/aromatic N) is 1. The number of rotatable bonds is 4. The smallest absolute Gasteiger partial charge is 0.157 e. The van der Waals surface area contributed by atoms with Gasteiger partial charge in [-0.3, -0.25) is 9.20 Å². The van der Waals surface area contributed by atoms with Crippen molar-refractivity contribution in [3.8, 4) is 0 Å². The van der Waals surface area contributed by atoms with E-state index in [9.17, 15) is 4.21 Å². The van der Waals surface area contributed by atoms with E-state index in [1.807, 2.05) is 18.7 Å². The van der Waals surface area contributed by atoms with Crippen molar-refractivity contribution in [3.05, 3.63) is 0 Å². The fourth-order valence-electron chi connectivity index (χ4n) is 2.57. The Balaban J connectivity index is 1.80. The maximum Gasteiger partial charge on any atom is 0.157 e. The molecule has 0 radical (unpaired) electrons. The van der Waals surface area contributed by atoms with Crippen LogP contribution in [0.25, 0.3) is 0 Å². The Hall–Kier alpha value is -0.0300. The van der Waals surface area contributed by atoms with Gasteiger partial charge in [0.15, 0.2) is 5.17 Å². The summed E-state index contributed by atoms with van der Waals surface area (Å²) < 4.78 is 11.3. The summed E-state index contributed by atoms with van der Waals surface area (Å²) in [6.07, 6.45) is 5.23. The Morgan fingerprint density at radius 3 is 2.89 bits per heavy atom. The van der Waals surface area contributed by atoms with E-state index >= 15 is 0 Å². The molecule has 0 aromatic carbocycles. The first kappa shape index (κ1) is 14.4. The first-order valence-electron chi connectivity index (χ1n) is 6.94. The van der Waals surface area contributed by atoms with E-state index in [1.54, 1.807) is 0 Å². The summed E-state index contributed by atoms with van der Waals surface area (Å²) in [5, 5.41) is 4.71. The van der Waals surface area contributed by atoms with Gasteiger partial charge in [0, 0.05) is 33.6 Å². The number of hydrogen-bond donors (Lipinski definition) is 1. The minimum absolute atomic E-state index is 0.319. The predicted molar refractivity (Wildman–Crippen MR) is 81.8 cm³/mol. The molecule has 2 fully saturated rings. The van der Waals surface area contributed by atoms with Crippen LogP contribution in [0.1, 0.15) is 39.5 Å². The van der Waals surface area contributed by atoms with Gasteiger partial charge in [0.2, 0.25) is 0 Å². The molecule has 1 saturated carbocycles. The van der Waals surface area contributed by atoms with Gasteiger partial charge >= 0.3 is 0 Å². The van der Waals surface area contributed by atoms with Gasteiger partial charge in [-0.1, -0.05) is 25.6 Å². The molecular weight excluding hydrogens is 264 g/mol. The molecule has 1 N–H and O–H groups in total. The zero-order valence-corrected chi connectivity index (χ0v) is 13.0. The average molecular weight is 288 g/mol. The normalized spacial score (nSPS) is 35.9. The fourth-order valence-corrected chi connectivity index (χ4v) is 4.40. The Kier molecular flexibility index (Phi) is 5.13. The van der Waals surface area contributed by atoms with Gasteiger partial charge in [0.25, 0.3) is 0 Å². The van der Waals surface area contributed by atoms with Gasteiger partial charge in [-0.05, 0) is 31.6 Å². The second kappa shape index (κ2) is 6.42. The number of hydrogen-bond acceptors (Lipinski definition) is 3. The third kappa shape index (κ3) is 3.73. The molecule has 1 aliphatic heterocycles. The molecule has 104 valence electrons. The number of nitrogens with one attached hydrogen (secondary N) is 1. The van der Waals surface area contributed by atoms with Gasteiger partial charge in [-0.15, -0.1) is 0 Å². The fraction of sp³-hybridized carbons (Fsp3) is 0.923. The molecule has 1 saturated heterocycles. The first-order valence-corrected chi connectivity index (χ1v) is 9.41. The highest BCUT2D eigenvalue weighted by atomic mass is 32.2. The molecule has 0 aromatic heterocycles. The predicted octanol–water partition coefficient (Wildman–Crippen LogP) is 2.40. The van der Waals surface area contributed by atoms with Crippen LogP contribution in [0.4, 0.5) is 0 Å². The van der Waals surface area contributed by atoms with Crippen LogP contribution in [0.15, 0.2) is 4.99 Å². The van der Waals surface area contributed by atoms with Crippen LogP contribution in [0.3, 0.4) is 0 Å². The van der Waals surface area contributed by atoms with Gasteiger partial charge in [0.05, 0.1) is 6.54 Å². The lowest BCUT2D eigenvalue weighted by atomic mass is 9.78. The SMILES string of the molecule is CCS(=O)CCN=C1NC2(CCC(C)CC2)CS1. The summed E-state index contributed by atoms with van der Waals surface area (Å²) in [5.74, 6) is 3.49. The summed E-state index contributed by atoms with van der Waals surface area (Å²) >= 11 is 1.85. The minimum atomic E-state index is -0.689. The quantitative estimate of drug-likeness (QED) is 0.863. The van der Waals surface area contributed by atoms with Crippen molar-refractivity contribution in [3.63, 3.8) is 0 Å². The highest BCUT2D eigenvalue weighted by molar-refractivity contribution is 8.14. The van der Waals surface area contributed by atoms with Crippen LogP contribution in [-0.4, -0.2) is 38.7 Å². The van der Waals surface area contributed by atoms with Crippen LogP contribution in [0.2, 0.25) is 0 Å². The van der Waals surface area contributed by atoms with E-state index in [1.165, 1.54) is 25.7 Å². The summed E-state index contributed by atoms with van der Waals surface area (Å²) in [7, 11) is -0.689. The molecule has 2 aliphatic rings. The molecule has 1 unspecified atom stereocenters. The van der Waals surface area contributed by atoms with Crippen molar-refractivity contribution in [1.29, 1.82) is 0 Å². The van der Waals surface area contributed by atoms with Crippen LogP contribution >= 0.6 is 11.8 Å². The van der Waals surface area contributed by atoms with Crippen LogP contribution in [-0.2, 0) is 10.8 Å². The zero-order valence-electron chi connectivity index (χ0n) is 11.4. The molecular formula is C13H24N2OS2. The summed E-state index contributed by atoms with van der Waals surface area (Å²) in [5.41, 5.74) is 0.319. The number of amidine groups is 1.